The molecule has 0 saturated carbocycles. The predicted molar refractivity (Wildman–Crippen MR) is 440 cm³/mol. The molecule has 0 spiro atoms. The van der Waals surface area contributed by atoms with E-state index in [2.05, 4.69) is 233 Å². The van der Waals surface area contributed by atoms with Gasteiger partial charge in [-0.15, -0.1) is 0 Å². The molecule has 0 amide bonds. The van der Waals surface area contributed by atoms with E-state index in [0.29, 0.717) is 11.1 Å². The number of aromatic nitrogens is 12. The highest BCUT2D eigenvalue weighted by Gasteiger charge is 2.32. The zero-order valence-electron chi connectivity index (χ0n) is 61.8. The average Bonchev–Trinajstić information content (AvgIpc) is 1.57. The van der Waals surface area contributed by atoms with Crippen LogP contribution in [0.25, 0.3) is 61.3 Å². The van der Waals surface area contributed by atoms with Crippen molar-refractivity contribution >= 4 is 50.6 Å². The molecule has 20 heteroatoms. The first-order chi connectivity index (χ1) is 55.5. The Kier molecular flexibility index (Phi) is 21.1. The van der Waals surface area contributed by atoms with Gasteiger partial charge in [-0.25, -0.2) is 43.9 Å². The third kappa shape index (κ3) is 15.2. The molecule has 3 saturated heterocycles. The molecule has 9 heterocycles. The van der Waals surface area contributed by atoms with Crippen LogP contribution in [0.5, 0.6) is 0 Å². The van der Waals surface area contributed by atoms with Gasteiger partial charge in [0.2, 0.25) is 0 Å². The van der Waals surface area contributed by atoms with Gasteiger partial charge in [0.25, 0.3) is 0 Å². The van der Waals surface area contributed by atoms with E-state index in [4.69, 9.17) is 4.98 Å². The van der Waals surface area contributed by atoms with Crippen molar-refractivity contribution in [2.24, 2.45) is 0 Å². The molecule has 3 atom stereocenters. The lowest BCUT2D eigenvalue weighted by Crippen LogP contribution is -2.48. The standard InChI is InChI=1S/C34H30N6.2C29H25N7/c1-4-10-26(11-5-1)27-16-18-29(19-17-27)32(28-12-6-2-7-13-28)38-20-22-39(23-21-38)33-31-24-37-40(34(31)36-25-35-33)30-14-8-3-9-15-30;30-19-22-8-7-11-24(18-22)27(23-9-3-1-4-10-23)34-14-16-35(17-15-34)28-26-20-33-36(29(26)32-21-31-28)25-12-5-2-6-13-25;30-19-22-11-13-24(14-12-22)27(23-7-3-1-4-8-23)34-15-17-35(18-16-34)28-26-20-33-36(29(26)32-21-31-28)25-9-5-2-6-10-25/h1-19,24-25,32H,20-23H2;1-13,18,20-21,27H,14-17H2;1-14,20-21,27H,15-18H2. The summed E-state index contributed by atoms with van der Waals surface area (Å²) in [5.74, 6) is 2.80. The molecule has 0 N–H and O–H groups in total. The molecule has 3 aliphatic rings. The van der Waals surface area contributed by atoms with Crippen molar-refractivity contribution < 1.29 is 0 Å². The summed E-state index contributed by atoms with van der Waals surface area (Å²) < 4.78 is 5.62. The van der Waals surface area contributed by atoms with Crippen LogP contribution in [0.15, 0.2) is 323 Å². The number of fused-ring (bicyclic) bond motifs is 3. The van der Waals surface area contributed by atoms with Crippen molar-refractivity contribution in [3.63, 3.8) is 0 Å². The van der Waals surface area contributed by atoms with E-state index >= 15 is 0 Å². The molecule has 3 aliphatic heterocycles. The molecule has 10 aromatic carbocycles. The minimum absolute atomic E-state index is 0.0906. The summed E-state index contributed by atoms with van der Waals surface area (Å²) in [6.45, 7) is 10.5. The first-order valence-electron chi connectivity index (χ1n) is 38.0. The number of nitriles is 2. The Hall–Kier alpha value is -13.9. The predicted octanol–water partition coefficient (Wildman–Crippen LogP) is 15.6. The summed E-state index contributed by atoms with van der Waals surface area (Å²) in [6, 6.07) is 103. The van der Waals surface area contributed by atoms with Crippen LogP contribution in [0.1, 0.15) is 62.6 Å². The first kappa shape index (κ1) is 71.1. The van der Waals surface area contributed by atoms with Crippen molar-refractivity contribution in [3.05, 3.63) is 367 Å². The van der Waals surface area contributed by atoms with Gasteiger partial charge in [0.15, 0.2) is 16.9 Å². The Bertz CT molecular complexity index is 5860. The van der Waals surface area contributed by atoms with Crippen LogP contribution in [0.4, 0.5) is 17.5 Å². The van der Waals surface area contributed by atoms with Crippen molar-refractivity contribution in [3.8, 4) is 40.3 Å². The Morgan fingerprint density at radius 2 is 0.545 bits per heavy atom. The summed E-state index contributed by atoms with van der Waals surface area (Å²) in [5, 5.41) is 35.5. The maximum atomic E-state index is 9.46. The highest BCUT2D eigenvalue weighted by Crippen LogP contribution is 2.37. The number of benzene rings is 10. The van der Waals surface area contributed by atoms with Gasteiger partial charge in [-0.1, -0.05) is 224 Å². The smallest absolute Gasteiger partial charge is 0.168 e. The fraction of sp³-hybridized carbons (Fsp3) is 0.163. The van der Waals surface area contributed by atoms with E-state index in [1.807, 2.05) is 166 Å². The normalized spacial score (nSPS) is 15.0. The SMILES string of the molecule is N#Cc1ccc(C(c2ccccc2)N2CCN(c3ncnc4c3cnn4-c3ccccc3)CC2)cc1.N#Cc1cccc(C(c2ccccc2)N2CCN(c3ncnc4c3cnn4-c3ccccc3)CC2)c1.c1ccc(-c2ccc(C(c3ccccc3)N3CCN(c4ncnc5c4cnn5-c4ccccc4)CC3)cc2)cc1. The number of nitrogens with zero attached hydrogens (tertiary/aromatic N) is 20. The lowest BCUT2D eigenvalue weighted by molar-refractivity contribution is 0.212. The second-order valence-electron chi connectivity index (χ2n) is 27.9. The van der Waals surface area contributed by atoms with E-state index in [1.165, 1.54) is 38.9 Å². The number of hydrogen-bond acceptors (Lipinski definition) is 17. The maximum absolute atomic E-state index is 9.46. The molecule has 0 aliphatic carbocycles. The molecule has 20 nitrogen and oxygen atoms in total. The minimum atomic E-state index is 0.0906. The molecule has 548 valence electrons. The summed E-state index contributed by atoms with van der Waals surface area (Å²) in [5.41, 5.74) is 16.7. The van der Waals surface area contributed by atoms with E-state index in [0.717, 1.165) is 152 Å². The fourth-order valence-corrected chi connectivity index (χ4v) is 15.9. The van der Waals surface area contributed by atoms with Crippen LogP contribution in [0.3, 0.4) is 0 Å². The molecule has 0 bridgehead atoms. The van der Waals surface area contributed by atoms with E-state index in [-0.39, 0.29) is 18.1 Å². The molecule has 6 aromatic heterocycles. The average molecular weight is 1470 g/mol. The van der Waals surface area contributed by atoms with Crippen molar-refractivity contribution in [1.29, 1.82) is 10.5 Å². The van der Waals surface area contributed by atoms with Gasteiger partial charge in [-0.2, -0.15) is 25.8 Å². The third-order valence-electron chi connectivity index (χ3n) is 21.3. The highest BCUT2D eigenvalue weighted by molar-refractivity contribution is 5.90. The van der Waals surface area contributed by atoms with Gasteiger partial charge in [0, 0.05) is 78.5 Å². The van der Waals surface area contributed by atoms with Gasteiger partial charge in [-0.3, -0.25) is 14.7 Å². The molecule has 112 heavy (non-hydrogen) atoms. The molecular formula is C92H80N20. The van der Waals surface area contributed by atoms with Gasteiger partial charge in [0.1, 0.15) is 36.4 Å². The summed E-state index contributed by atoms with van der Waals surface area (Å²) >= 11 is 0. The lowest BCUT2D eigenvalue weighted by Gasteiger charge is -2.40. The van der Waals surface area contributed by atoms with Crippen LogP contribution < -0.4 is 14.7 Å². The quantitative estimate of drug-likeness (QED) is 0.0884. The monoisotopic (exact) mass is 1460 g/mol. The van der Waals surface area contributed by atoms with Gasteiger partial charge in [0.05, 0.1) is 93.2 Å². The van der Waals surface area contributed by atoms with Gasteiger partial charge >= 0.3 is 0 Å². The first-order valence-corrected chi connectivity index (χ1v) is 38.0. The largest absolute Gasteiger partial charge is 0.353 e. The van der Waals surface area contributed by atoms with E-state index < -0.39 is 0 Å². The van der Waals surface area contributed by atoms with Crippen LogP contribution in [-0.2, 0) is 0 Å². The summed E-state index contributed by atoms with van der Waals surface area (Å²) in [4.78, 5) is 42.3. The number of anilines is 3. The van der Waals surface area contributed by atoms with E-state index in [9.17, 15) is 10.5 Å². The summed E-state index contributed by atoms with van der Waals surface area (Å²) in [6.07, 6.45) is 10.6. The fourth-order valence-electron chi connectivity index (χ4n) is 15.9. The van der Waals surface area contributed by atoms with Crippen molar-refractivity contribution in [1.82, 2.24) is 73.9 Å². The number of rotatable bonds is 16. The van der Waals surface area contributed by atoms with E-state index in [1.54, 1.807) is 19.0 Å². The second kappa shape index (κ2) is 33.3. The number of piperazine rings is 3. The number of para-hydroxylation sites is 3. The molecule has 16 aromatic rings. The Morgan fingerprint density at radius 3 is 0.884 bits per heavy atom. The molecule has 19 rings (SSSR count). The molecular weight excluding hydrogens is 1390 g/mol. The summed E-state index contributed by atoms with van der Waals surface area (Å²) in [7, 11) is 0. The van der Waals surface area contributed by atoms with Crippen LogP contribution >= 0.6 is 0 Å². The second-order valence-corrected chi connectivity index (χ2v) is 27.9. The molecule has 3 unspecified atom stereocenters. The lowest BCUT2D eigenvalue weighted by atomic mass is 9.94. The van der Waals surface area contributed by atoms with Crippen LogP contribution in [-0.4, -0.2) is 152 Å². The van der Waals surface area contributed by atoms with Crippen molar-refractivity contribution in [2.45, 2.75) is 18.1 Å². The Morgan fingerprint density at radius 1 is 0.259 bits per heavy atom. The maximum Gasteiger partial charge on any atom is 0.168 e. The zero-order valence-corrected chi connectivity index (χ0v) is 61.8. The minimum Gasteiger partial charge on any atom is -0.353 e. The van der Waals surface area contributed by atoms with Gasteiger partial charge < -0.3 is 14.7 Å². The van der Waals surface area contributed by atoms with Crippen molar-refractivity contribution in [2.75, 3.05) is 93.2 Å². The molecule has 3 fully saturated rings. The third-order valence-corrected chi connectivity index (χ3v) is 21.3. The van der Waals surface area contributed by atoms with Crippen LogP contribution in [0.2, 0.25) is 0 Å². The number of hydrogen-bond donors (Lipinski definition) is 0. The van der Waals surface area contributed by atoms with Crippen LogP contribution in [0, 0.1) is 22.7 Å². The Balaban J connectivity index is 0.000000122. The zero-order chi connectivity index (χ0) is 75.4. The van der Waals surface area contributed by atoms with Gasteiger partial charge in [-0.05, 0) is 105 Å². The Labute approximate surface area is 650 Å². The topological polar surface area (TPSA) is 198 Å². The molecule has 0 radical (unpaired) electrons. The highest BCUT2D eigenvalue weighted by atomic mass is 15.4.